The molecule has 0 unspecified atom stereocenters. The number of carbonyl (C=O) groups is 2. The van der Waals surface area contributed by atoms with Gasteiger partial charge < -0.3 is 15.7 Å². The molecule has 8 nitrogen and oxygen atoms in total. The quantitative estimate of drug-likeness (QED) is 0.0843. The molecule has 4 aromatic carbocycles. The topological polar surface area (TPSA) is 85.4 Å². The minimum atomic E-state index is -0.204. The SMILES string of the molecule is CC(C)(C)N1CC=C(c2c[nH]c3ccc(NC(=O)c4ccccc4Cl)cc23)CC1.CCCCCN1CC=C(c2cn(NCC)c3ccc(C(=O)c4ccccc4Cl)cc23)CC1. The fraction of sp³-hybridized carbons (Fsp3) is 0.333. The number of amides is 1. The summed E-state index contributed by atoms with van der Waals surface area (Å²) in [6.07, 6.45) is 14.8. The zero-order valence-corrected chi connectivity index (χ0v) is 37.6. The Labute approximate surface area is 370 Å². The highest BCUT2D eigenvalue weighted by Gasteiger charge is 2.25. The molecule has 0 saturated heterocycles. The lowest BCUT2D eigenvalue weighted by Gasteiger charge is -2.37. The number of nitrogens with zero attached hydrogens (tertiary/aromatic N) is 3. The molecule has 2 aliphatic rings. The number of aromatic amines is 1. The molecule has 0 bridgehead atoms. The first-order chi connectivity index (χ1) is 29.4. The van der Waals surface area contributed by atoms with E-state index in [0.717, 1.165) is 73.1 Å². The molecule has 8 rings (SSSR count). The number of rotatable bonds is 12. The normalized spacial score (nSPS) is 14.9. The second kappa shape index (κ2) is 19.7. The number of H-pyrrole nitrogens is 1. The van der Waals surface area contributed by atoms with E-state index in [1.807, 2.05) is 60.7 Å². The number of halogens is 2. The van der Waals surface area contributed by atoms with E-state index in [1.165, 1.54) is 48.1 Å². The Kier molecular flexibility index (Phi) is 14.2. The molecule has 0 fully saturated rings. The first-order valence-electron chi connectivity index (χ1n) is 21.7. The minimum Gasteiger partial charge on any atom is -0.361 e. The second-order valence-electron chi connectivity index (χ2n) is 16.9. The van der Waals surface area contributed by atoms with Crippen LogP contribution in [0.3, 0.4) is 0 Å². The number of hydrogen-bond donors (Lipinski definition) is 3. The van der Waals surface area contributed by atoms with Crippen LogP contribution in [0.1, 0.15) is 104 Å². The molecule has 0 spiro atoms. The van der Waals surface area contributed by atoms with Crippen LogP contribution in [0.2, 0.25) is 10.0 Å². The van der Waals surface area contributed by atoms with Gasteiger partial charge in [0.1, 0.15) is 0 Å². The molecule has 318 valence electrons. The van der Waals surface area contributed by atoms with E-state index in [1.54, 1.807) is 24.3 Å². The Balaban J connectivity index is 0.000000185. The fourth-order valence-electron chi connectivity index (χ4n) is 8.30. The molecule has 0 atom stereocenters. The monoisotopic (exact) mass is 856 g/mol. The zero-order valence-electron chi connectivity index (χ0n) is 36.1. The van der Waals surface area contributed by atoms with E-state index in [4.69, 9.17) is 23.2 Å². The van der Waals surface area contributed by atoms with Crippen molar-refractivity contribution in [1.82, 2.24) is 19.5 Å². The van der Waals surface area contributed by atoms with Crippen LogP contribution in [0.5, 0.6) is 0 Å². The van der Waals surface area contributed by atoms with Gasteiger partial charge in [0.05, 0.1) is 21.1 Å². The average molecular weight is 858 g/mol. The molecule has 3 N–H and O–H groups in total. The Bertz CT molecular complexity index is 2580. The van der Waals surface area contributed by atoms with Crippen molar-refractivity contribution in [2.75, 3.05) is 50.0 Å². The van der Waals surface area contributed by atoms with Gasteiger partial charge in [-0.15, -0.1) is 0 Å². The molecule has 10 heteroatoms. The molecular formula is C51H58Cl2N6O2. The number of ketones is 1. The first-order valence-corrected chi connectivity index (χ1v) is 22.4. The number of benzene rings is 4. The lowest BCUT2D eigenvalue weighted by Crippen LogP contribution is -2.43. The maximum atomic E-state index is 13.2. The van der Waals surface area contributed by atoms with E-state index >= 15 is 0 Å². The zero-order chi connectivity index (χ0) is 43.1. The molecule has 2 aromatic heterocycles. The van der Waals surface area contributed by atoms with Crippen LogP contribution in [0.15, 0.2) is 109 Å². The van der Waals surface area contributed by atoms with Gasteiger partial charge in [-0.05, 0) is 125 Å². The van der Waals surface area contributed by atoms with Gasteiger partial charge in [-0.3, -0.25) is 24.1 Å². The summed E-state index contributed by atoms with van der Waals surface area (Å²) in [5, 5.41) is 6.14. The van der Waals surface area contributed by atoms with E-state index in [2.05, 4.69) is 89.4 Å². The average Bonchev–Trinajstić information content (AvgIpc) is 3.85. The van der Waals surface area contributed by atoms with Crippen LogP contribution < -0.4 is 10.7 Å². The summed E-state index contributed by atoms with van der Waals surface area (Å²) in [5.41, 5.74) is 13.3. The van der Waals surface area contributed by atoms with E-state index in [9.17, 15) is 9.59 Å². The third kappa shape index (κ3) is 10.3. The molecule has 0 saturated carbocycles. The van der Waals surface area contributed by atoms with Gasteiger partial charge in [0.15, 0.2) is 5.78 Å². The third-order valence-corrected chi connectivity index (χ3v) is 12.5. The van der Waals surface area contributed by atoms with Gasteiger partial charge in [0.2, 0.25) is 0 Å². The maximum Gasteiger partial charge on any atom is 0.257 e. The highest BCUT2D eigenvalue weighted by Crippen LogP contribution is 2.34. The lowest BCUT2D eigenvalue weighted by atomic mass is 9.95. The predicted molar refractivity (Wildman–Crippen MR) is 257 cm³/mol. The summed E-state index contributed by atoms with van der Waals surface area (Å²) in [7, 11) is 0. The summed E-state index contributed by atoms with van der Waals surface area (Å²) < 4.78 is 2.09. The van der Waals surface area contributed by atoms with E-state index < -0.39 is 0 Å². The van der Waals surface area contributed by atoms with Crippen LogP contribution in [0, 0.1) is 0 Å². The Morgan fingerprint density at radius 3 is 2.13 bits per heavy atom. The number of aromatic nitrogens is 2. The van der Waals surface area contributed by atoms with E-state index in [0.29, 0.717) is 26.7 Å². The minimum absolute atomic E-state index is 0.0422. The molecule has 1 amide bonds. The summed E-state index contributed by atoms with van der Waals surface area (Å²) in [6.45, 7) is 17.2. The number of carbonyl (C=O) groups excluding carboxylic acids is 2. The summed E-state index contributed by atoms with van der Waals surface area (Å²) in [6, 6.07) is 26.2. The number of fused-ring (bicyclic) bond motifs is 2. The Morgan fingerprint density at radius 2 is 1.48 bits per heavy atom. The second-order valence-corrected chi connectivity index (χ2v) is 17.8. The van der Waals surface area contributed by atoms with Crippen molar-refractivity contribution >= 4 is 73.5 Å². The number of hydrogen-bond acceptors (Lipinski definition) is 5. The summed E-state index contributed by atoms with van der Waals surface area (Å²) in [4.78, 5) is 34.2. The van der Waals surface area contributed by atoms with Gasteiger partial charge in [-0.25, -0.2) is 0 Å². The molecule has 6 aromatic rings. The predicted octanol–water partition coefficient (Wildman–Crippen LogP) is 12.3. The lowest BCUT2D eigenvalue weighted by molar-refractivity contribution is 0.102. The molecule has 4 heterocycles. The van der Waals surface area contributed by atoms with Crippen molar-refractivity contribution in [3.05, 3.63) is 147 Å². The summed E-state index contributed by atoms with van der Waals surface area (Å²) >= 11 is 12.5. The fourth-order valence-corrected chi connectivity index (χ4v) is 8.75. The van der Waals surface area contributed by atoms with Crippen LogP contribution in [-0.2, 0) is 0 Å². The first kappa shape index (κ1) is 44.0. The highest BCUT2D eigenvalue weighted by molar-refractivity contribution is 6.35. The van der Waals surface area contributed by atoms with Crippen molar-refractivity contribution in [1.29, 1.82) is 0 Å². The highest BCUT2D eigenvalue weighted by atomic mass is 35.5. The standard InChI is InChI=1S/C27H32ClN3O.C24H26ClN3O/c1-3-5-8-15-30-16-13-20(14-17-30)24-19-31(29-4-2)26-12-11-21(18-23(24)26)27(32)22-9-6-7-10-25(22)28;1-24(2,3)28-12-10-16(11-13-28)20-15-26-22-9-8-17(14-19(20)22)27-23(29)18-6-4-5-7-21(18)25/h6-7,9-13,18-19,29H,3-5,8,14-17H2,1-2H3;4-10,14-15,26H,11-13H2,1-3H3,(H,27,29). The molecule has 0 radical (unpaired) electrons. The van der Waals surface area contributed by atoms with Gasteiger partial charge in [-0.2, -0.15) is 0 Å². The smallest absolute Gasteiger partial charge is 0.257 e. The van der Waals surface area contributed by atoms with Crippen LogP contribution in [0.25, 0.3) is 33.0 Å². The van der Waals surface area contributed by atoms with Gasteiger partial charge in [0.25, 0.3) is 5.91 Å². The largest absolute Gasteiger partial charge is 0.361 e. The molecule has 0 aliphatic carbocycles. The van der Waals surface area contributed by atoms with Gasteiger partial charge in [-0.1, -0.05) is 79.4 Å². The maximum absolute atomic E-state index is 13.2. The third-order valence-electron chi connectivity index (χ3n) is 11.8. The van der Waals surface area contributed by atoms with Gasteiger partial charge >= 0.3 is 0 Å². The van der Waals surface area contributed by atoms with Crippen LogP contribution in [0.4, 0.5) is 5.69 Å². The molecular weight excluding hydrogens is 800 g/mol. The number of unbranched alkanes of at least 4 members (excludes halogenated alkanes) is 2. The van der Waals surface area contributed by atoms with Crippen molar-refractivity contribution in [3.8, 4) is 0 Å². The van der Waals surface area contributed by atoms with Crippen LogP contribution >= 0.6 is 23.2 Å². The van der Waals surface area contributed by atoms with Crippen molar-refractivity contribution in [2.24, 2.45) is 0 Å². The van der Waals surface area contributed by atoms with Crippen LogP contribution in [-0.4, -0.2) is 76.0 Å². The van der Waals surface area contributed by atoms with Crippen molar-refractivity contribution in [2.45, 2.75) is 72.3 Å². The Morgan fingerprint density at radius 1 is 0.770 bits per heavy atom. The Hall–Kier alpha value is -5.12. The number of nitrogens with one attached hydrogen (secondary N) is 3. The molecule has 2 aliphatic heterocycles. The van der Waals surface area contributed by atoms with E-state index in [-0.39, 0.29) is 17.2 Å². The van der Waals surface area contributed by atoms with Gasteiger partial charge in [0, 0.05) is 94.9 Å². The van der Waals surface area contributed by atoms with Crippen molar-refractivity contribution < 1.29 is 9.59 Å². The molecule has 61 heavy (non-hydrogen) atoms. The summed E-state index contributed by atoms with van der Waals surface area (Å²) in [5.74, 6) is -0.246. The van der Waals surface area contributed by atoms with Crippen molar-refractivity contribution in [3.63, 3.8) is 0 Å². The number of anilines is 1.